The number of sulfonamides is 1. The molecule has 0 aliphatic heterocycles. The number of rotatable bonds is 3. The number of benzene rings is 2. The molecule has 0 fully saturated rings. The van der Waals surface area contributed by atoms with Crippen LogP contribution in [0.5, 0.6) is 0 Å². The Morgan fingerprint density at radius 2 is 1.57 bits per heavy atom. The summed E-state index contributed by atoms with van der Waals surface area (Å²) in [5, 5.41) is 0. The molecule has 3 nitrogen and oxygen atoms in total. The minimum atomic E-state index is -4.59. The first-order valence-electron chi connectivity index (χ1n) is 5.59. The molecule has 2 aromatic carbocycles. The van der Waals surface area contributed by atoms with Crippen molar-refractivity contribution < 1.29 is 26.0 Å². The van der Waals surface area contributed by atoms with Crippen LogP contribution in [-0.4, -0.2) is 8.42 Å². The minimum Gasteiger partial charge on any atom is -0.573 e. The van der Waals surface area contributed by atoms with E-state index in [-0.39, 0.29) is 10.6 Å². The maximum Gasteiger partial charge on any atom is 0.416 e. The second kappa shape index (κ2) is 5.36. The summed E-state index contributed by atoms with van der Waals surface area (Å²) in [6, 6.07) is 7.45. The average Bonchev–Trinajstić information content (AvgIpc) is 2.38. The highest BCUT2D eigenvalue weighted by Gasteiger charge is 2.29. The summed E-state index contributed by atoms with van der Waals surface area (Å²) in [6.45, 7) is 0. The first kappa shape index (κ1) is 15.3. The van der Waals surface area contributed by atoms with Crippen molar-refractivity contribution in [3.63, 3.8) is 0 Å². The van der Waals surface area contributed by atoms with Crippen LogP contribution >= 0.6 is 0 Å². The second-order valence-electron chi connectivity index (χ2n) is 4.07. The van der Waals surface area contributed by atoms with Gasteiger partial charge in [-0.2, -0.15) is 13.2 Å². The molecular formula is C13H8F4NO2S-. The third kappa shape index (κ3) is 3.72. The van der Waals surface area contributed by atoms with Gasteiger partial charge in [0.15, 0.2) is 0 Å². The zero-order valence-corrected chi connectivity index (χ0v) is 11.1. The predicted molar refractivity (Wildman–Crippen MR) is 68.0 cm³/mol. The van der Waals surface area contributed by atoms with E-state index >= 15 is 0 Å². The van der Waals surface area contributed by atoms with Gasteiger partial charge in [-0.05, 0) is 24.3 Å². The average molecular weight is 318 g/mol. The predicted octanol–water partition coefficient (Wildman–Crippen LogP) is 4.24. The van der Waals surface area contributed by atoms with E-state index in [0.29, 0.717) is 6.07 Å². The summed E-state index contributed by atoms with van der Waals surface area (Å²) in [5.74, 6) is -0.631. The van der Waals surface area contributed by atoms with Crippen LogP contribution in [0.25, 0.3) is 4.72 Å². The molecule has 0 radical (unpaired) electrons. The lowest BCUT2D eigenvalue weighted by Gasteiger charge is -2.22. The van der Waals surface area contributed by atoms with E-state index < -0.39 is 27.6 Å². The Morgan fingerprint density at radius 3 is 2.14 bits per heavy atom. The van der Waals surface area contributed by atoms with Gasteiger partial charge in [-0.1, -0.05) is 24.3 Å². The Bertz CT molecular complexity index is 740. The minimum absolute atomic E-state index is 0.304. The largest absolute Gasteiger partial charge is 0.573 e. The second-order valence-corrected chi connectivity index (χ2v) is 5.67. The first-order valence-corrected chi connectivity index (χ1v) is 7.03. The van der Waals surface area contributed by atoms with Crippen molar-refractivity contribution in [2.24, 2.45) is 0 Å². The number of hydrogen-bond donors (Lipinski definition) is 0. The van der Waals surface area contributed by atoms with Crippen LogP contribution in [0.4, 0.5) is 23.2 Å². The van der Waals surface area contributed by atoms with Crippen LogP contribution in [0.15, 0.2) is 53.4 Å². The summed E-state index contributed by atoms with van der Waals surface area (Å²) in [6.07, 6.45) is -4.59. The van der Waals surface area contributed by atoms with Gasteiger partial charge >= 0.3 is 6.18 Å². The van der Waals surface area contributed by atoms with Gasteiger partial charge in [0.05, 0.1) is 10.5 Å². The molecule has 0 unspecified atom stereocenters. The molecule has 0 aliphatic rings. The number of nitrogens with zero attached hydrogens (tertiary/aromatic N) is 1. The molecule has 0 N–H and O–H groups in total. The molecule has 0 heterocycles. The maximum absolute atomic E-state index is 12.7. The molecule has 0 saturated heterocycles. The monoisotopic (exact) mass is 318 g/mol. The first-order chi connectivity index (χ1) is 9.68. The third-order valence-electron chi connectivity index (χ3n) is 2.51. The van der Waals surface area contributed by atoms with E-state index in [1.54, 1.807) is 0 Å². The molecule has 2 rings (SSSR count). The van der Waals surface area contributed by atoms with Gasteiger partial charge in [-0.25, -0.2) is 12.8 Å². The Hall–Kier alpha value is -2.09. The van der Waals surface area contributed by atoms with Gasteiger partial charge < -0.3 is 4.72 Å². The smallest absolute Gasteiger partial charge is 0.416 e. The Morgan fingerprint density at radius 1 is 0.952 bits per heavy atom. The molecule has 0 amide bonds. The Kier molecular flexibility index (Phi) is 3.91. The zero-order chi connectivity index (χ0) is 15.7. The van der Waals surface area contributed by atoms with Crippen molar-refractivity contribution >= 4 is 15.7 Å². The van der Waals surface area contributed by atoms with E-state index in [1.807, 2.05) is 0 Å². The highest BCUT2D eigenvalue weighted by Crippen LogP contribution is 2.34. The third-order valence-corrected chi connectivity index (χ3v) is 3.83. The van der Waals surface area contributed by atoms with Crippen molar-refractivity contribution in [2.75, 3.05) is 0 Å². The lowest BCUT2D eigenvalue weighted by molar-refractivity contribution is -0.137. The van der Waals surface area contributed by atoms with Gasteiger partial charge in [-0.3, -0.25) is 0 Å². The number of alkyl halides is 3. The van der Waals surface area contributed by atoms with Crippen LogP contribution in [0.1, 0.15) is 5.56 Å². The van der Waals surface area contributed by atoms with E-state index in [1.165, 1.54) is 0 Å². The summed E-state index contributed by atoms with van der Waals surface area (Å²) < 4.78 is 77.5. The summed E-state index contributed by atoms with van der Waals surface area (Å²) >= 11 is 0. The molecule has 0 saturated carbocycles. The van der Waals surface area contributed by atoms with E-state index in [4.69, 9.17) is 0 Å². The van der Waals surface area contributed by atoms with Crippen LogP contribution < -0.4 is 0 Å². The van der Waals surface area contributed by atoms with Crippen molar-refractivity contribution in [2.45, 2.75) is 11.1 Å². The van der Waals surface area contributed by atoms with E-state index in [0.717, 1.165) is 42.5 Å². The highest BCUT2D eigenvalue weighted by atomic mass is 32.2. The molecule has 112 valence electrons. The van der Waals surface area contributed by atoms with Crippen molar-refractivity contribution in [3.05, 3.63) is 64.6 Å². The van der Waals surface area contributed by atoms with Crippen molar-refractivity contribution in [1.82, 2.24) is 0 Å². The maximum atomic E-state index is 12.7. The van der Waals surface area contributed by atoms with E-state index in [2.05, 4.69) is 4.72 Å². The van der Waals surface area contributed by atoms with E-state index in [9.17, 15) is 26.0 Å². The fourth-order valence-corrected chi connectivity index (χ4v) is 2.51. The number of hydrogen-bond acceptors (Lipinski definition) is 2. The Balaban J connectivity index is 2.31. The van der Waals surface area contributed by atoms with Crippen LogP contribution in [0.2, 0.25) is 0 Å². The lowest BCUT2D eigenvalue weighted by Crippen LogP contribution is -2.04. The molecule has 0 spiro atoms. The highest BCUT2D eigenvalue weighted by molar-refractivity contribution is 7.94. The van der Waals surface area contributed by atoms with Gasteiger partial charge in [0.2, 0.25) is 0 Å². The molecule has 2 aromatic rings. The van der Waals surface area contributed by atoms with Crippen LogP contribution in [0.3, 0.4) is 0 Å². The molecule has 0 bridgehead atoms. The van der Waals surface area contributed by atoms with Crippen LogP contribution in [-0.2, 0) is 16.2 Å². The standard InChI is InChI=1S/C13H8F4NO2S/c14-10-4-6-12(7-5-10)21(19,20)18-11-3-1-2-9(8-11)13(15,16)17/h1-8H/q-1. The zero-order valence-electron chi connectivity index (χ0n) is 10.3. The normalized spacial score (nSPS) is 12.2. The number of halogens is 4. The molecule has 8 heteroatoms. The Labute approximate surface area is 118 Å². The SMILES string of the molecule is O=S(=O)([N-]c1cccc(C(F)(F)F)c1)c1ccc(F)cc1. The molecule has 21 heavy (non-hydrogen) atoms. The van der Waals surface area contributed by atoms with Gasteiger partial charge in [0, 0.05) is 0 Å². The topological polar surface area (TPSA) is 48.2 Å². The molecule has 0 aromatic heterocycles. The van der Waals surface area contributed by atoms with Gasteiger partial charge in [0.25, 0.3) is 0 Å². The molecular weight excluding hydrogens is 310 g/mol. The molecule has 0 atom stereocenters. The summed E-state index contributed by atoms with van der Waals surface area (Å²) in [5.41, 5.74) is -1.35. The van der Waals surface area contributed by atoms with Gasteiger partial charge in [-0.15, -0.1) is 5.69 Å². The summed E-state index contributed by atoms with van der Waals surface area (Å²) in [7, 11) is -4.20. The quantitative estimate of drug-likeness (QED) is 0.795. The summed E-state index contributed by atoms with van der Waals surface area (Å²) in [4.78, 5) is -0.304. The van der Waals surface area contributed by atoms with Crippen LogP contribution in [0, 0.1) is 5.82 Å². The fourth-order valence-electron chi connectivity index (χ4n) is 1.54. The fraction of sp³-hybridized carbons (Fsp3) is 0.0769. The van der Waals surface area contributed by atoms with Crippen molar-refractivity contribution in [3.8, 4) is 0 Å². The lowest BCUT2D eigenvalue weighted by atomic mass is 10.2. The molecule has 0 aliphatic carbocycles. The van der Waals surface area contributed by atoms with Gasteiger partial charge in [0.1, 0.15) is 15.8 Å². The van der Waals surface area contributed by atoms with Crippen molar-refractivity contribution in [1.29, 1.82) is 0 Å².